The van der Waals surface area contributed by atoms with Crippen LogP contribution in [0.15, 0.2) is 65.1 Å². The molecule has 0 N–H and O–H groups in total. The fraction of sp³-hybridized carbons (Fsp3) is 0.360. The second-order valence-corrected chi connectivity index (χ2v) is 7.84. The normalized spacial score (nSPS) is 17.6. The molecule has 1 heterocycles. The minimum absolute atomic E-state index is 0.0925. The zero-order valence-corrected chi connectivity index (χ0v) is 17.3. The van der Waals surface area contributed by atoms with Gasteiger partial charge in [-0.05, 0) is 49.8 Å². The van der Waals surface area contributed by atoms with Crippen LogP contribution >= 0.6 is 0 Å². The van der Waals surface area contributed by atoms with Crippen LogP contribution in [0.1, 0.15) is 35.9 Å². The first-order chi connectivity index (χ1) is 14.7. The number of furan rings is 1. The number of hydrogen-bond acceptors (Lipinski definition) is 4. The summed E-state index contributed by atoms with van der Waals surface area (Å²) in [6.07, 6.45) is 2.53. The Morgan fingerprint density at radius 1 is 1.10 bits per heavy atom. The molecule has 0 unspecified atom stereocenters. The second kappa shape index (κ2) is 9.16. The number of amides is 1. The maximum atomic E-state index is 13.2. The number of fused-ring (bicyclic) bond motifs is 1. The van der Waals surface area contributed by atoms with Crippen LogP contribution in [-0.2, 0) is 16.0 Å². The zero-order valence-electron chi connectivity index (χ0n) is 17.3. The van der Waals surface area contributed by atoms with Crippen molar-refractivity contribution in [3.05, 3.63) is 72.0 Å². The lowest BCUT2D eigenvalue weighted by Gasteiger charge is -2.22. The summed E-state index contributed by atoms with van der Waals surface area (Å²) in [6, 6.07) is 19.7. The van der Waals surface area contributed by atoms with Gasteiger partial charge in [-0.1, -0.05) is 48.5 Å². The van der Waals surface area contributed by atoms with Crippen LogP contribution in [0.3, 0.4) is 0 Å². The number of carbonyl (C=O) groups excluding carboxylic acids is 2. The molecule has 0 bridgehead atoms. The van der Waals surface area contributed by atoms with Crippen molar-refractivity contribution in [1.82, 2.24) is 4.90 Å². The van der Waals surface area contributed by atoms with Gasteiger partial charge in [0.15, 0.2) is 5.76 Å². The minimum Gasteiger partial charge on any atom is -0.466 e. The van der Waals surface area contributed by atoms with E-state index in [1.165, 1.54) is 5.56 Å². The van der Waals surface area contributed by atoms with E-state index in [0.717, 1.165) is 24.6 Å². The lowest BCUT2D eigenvalue weighted by Crippen LogP contribution is -2.34. The van der Waals surface area contributed by atoms with E-state index in [9.17, 15) is 9.59 Å². The lowest BCUT2D eigenvalue weighted by atomic mass is 10.1. The largest absolute Gasteiger partial charge is 0.466 e. The van der Waals surface area contributed by atoms with Crippen molar-refractivity contribution >= 4 is 22.8 Å². The molecule has 156 valence electrons. The summed E-state index contributed by atoms with van der Waals surface area (Å²) < 4.78 is 10.9. The summed E-state index contributed by atoms with van der Waals surface area (Å²) in [4.78, 5) is 27.1. The number of benzene rings is 2. The second-order valence-electron chi connectivity index (χ2n) is 7.84. The van der Waals surface area contributed by atoms with Crippen molar-refractivity contribution in [2.45, 2.75) is 26.2 Å². The predicted octanol–water partition coefficient (Wildman–Crippen LogP) is 4.71. The van der Waals surface area contributed by atoms with E-state index in [0.29, 0.717) is 31.0 Å². The molecule has 1 aromatic heterocycles. The molecule has 2 atom stereocenters. The molecule has 0 aliphatic heterocycles. The highest BCUT2D eigenvalue weighted by atomic mass is 16.5. The molecular weight excluding hydrogens is 378 g/mol. The van der Waals surface area contributed by atoms with Gasteiger partial charge in [0.2, 0.25) is 0 Å². The number of nitrogens with zero attached hydrogens (tertiary/aromatic N) is 1. The standard InChI is InChI=1S/C25H27NO4/c1-2-29-25(28)21-15-20(21)17-26(14-8-11-18-9-4-3-5-10-18)24(27)23-16-19-12-6-7-13-22(19)30-23/h3-7,9-10,12-13,16,20-21H,2,8,11,14-15,17H2,1H3/t20-,21+/m1/s1. The van der Waals surface area contributed by atoms with E-state index < -0.39 is 0 Å². The van der Waals surface area contributed by atoms with E-state index in [1.54, 1.807) is 6.07 Å². The van der Waals surface area contributed by atoms with Crippen LogP contribution in [0.4, 0.5) is 0 Å². The summed E-state index contributed by atoms with van der Waals surface area (Å²) in [5, 5.41) is 0.918. The van der Waals surface area contributed by atoms with Crippen LogP contribution < -0.4 is 0 Å². The molecule has 4 rings (SSSR count). The number of hydrogen-bond donors (Lipinski definition) is 0. The first-order valence-corrected chi connectivity index (χ1v) is 10.6. The van der Waals surface area contributed by atoms with E-state index in [1.807, 2.05) is 54.3 Å². The highest BCUT2D eigenvalue weighted by molar-refractivity contribution is 5.96. The quantitative estimate of drug-likeness (QED) is 0.484. The van der Waals surface area contributed by atoms with Crippen molar-refractivity contribution in [3.63, 3.8) is 0 Å². The Balaban J connectivity index is 1.44. The van der Waals surface area contributed by atoms with Crippen molar-refractivity contribution in [2.24, 2.45) is 11.8 Å². The maximum absolute atomic E-state index is 13.2. The van der Waals surface area contributed by atoms with Gasteiger partial charge in [0.1, 0.15) is 5.58 Å². The van der Waals surface area contributed by atoms with Crippen LogP contribution in [-0.4, -0.2) is 36.5 Å². The maximum Gasteiger partial charge on any atom is 0.309 e. The van der Waals surface area contributed by atoms with Gasteiger partial charge in [-0.2, -0.15) is 0 Å². The highest BCUT2D eigenvalue weighted by Gasteiger charge is 2.45. The minimum atomic E-state index is -0.150. The Labute approximate surface area is 176 Å². The Morgan fingerprint density at radius 3 is 2.63 bits per heavy atom. The third-order valence-electron chi connectivity index (χ3n) is 5.63. The first-order valence-electron chi connectivity index (χ1n) is 10.6. The average molecular weight is 405 g/mol. The summed E-state index contributed by atoms with van der Waals surface area (Å²) in [5.74, 6) is 0.153. The molecule has 5 nitrogen and oxygen atoms in total. The molecule has 5 heteroatoms. The predicted molar refractivity (Wildman–Crippen MR) is 115 cm³/mol. The molecule has 0 spiro atoms. The fourth-order valence-electron chi connectivity index (χ4n) is 3.91. The Kier molecular flexibility index (Phi) is 6.17. The summed E-state index contributed by atoms with van der Waals surface area (Å²) in [5.41, 5.74) is 1.96. The van der Waals surface area contributed by atoms with Gasteiger partial charge in [-0.25, -0.2) is 0 Å². The van der Waals surface area contributed by atoms with Gasteiger partial charge in [0, 0.05) is 18.5 Å². The zero-order chi connectivity index (χ0) is 20.9. The van der Waals surface area contributed by atoms with E-state index in [4.69, 9.17) is 9.15 Å². The third-order valence-corrected chi connectivity index (χ3v) is 5.63. The summed E-state index contributed by atoms with van der Waals surface area (Å²) in [6.45, 7) is 3.38. The van der Waals surface area contributed by atoms with Crippen LogP contribution in [0, 0.1) is 11.8 Å². The molecule has 1 aliphatic carbocycles. The van der Waals surface area contributed by atoms with Crippen LogP contribution in [0.2, 0.25) is 0 Å². The molecule has 3 aromatic rings. The first kappa shape index (κ1) is 20.2. The van der Waals surface area contributed by atoms with Gasteiger partial charge in [0.25, 0.3) is 5.91 Å². The Bertz CT molecular complexity index is 977. The molecule has 2 aromatic carbocycles. The molecule has 1 aliphatic rings. The van der Waals surface area contributed by atoms with Crippen molar-refractivity contribution in [2.75, 3.05) is 19.7 Å². The number of ether oxygens (including phenoxy) is 1. The SMILES string of the molecule is CCOC(=O)[C@H]1C[C@@H]1CN(CCCc1ccccc1)C(=O)c1cc2ccccc2o1. The van der Waals surface area contributed by atoms with Crippen molar-refractivity contribution < 1.29 is 18.7 Å². The summed E-state index contributed by atoms with van der Waals surface area (Å²) >= 11 is 0. The third kappa shape index (κ3) is 4.73. The van der Waals surface area contributed by atoms with Gasteiger partial charge >= 0.3 is 5.97 Å². The smallest absolute Gasteiger partial charge is 0.309 e. The molecule has 0 saturated heterocycles. The van der Waals surface area contributed by atoms with Gasteiger partial charge in [-0.3, -0.25) is 9.59 Å². The van der Waals surface area contributed by atoms with E-state index in [-0.39, 0.29) is 23.7 Å². The van der Waals surface area contributed by atoms with Gasteiger partial charge in [0.05, 0.1) is 12.5 Å². The number of rotatable bonds is 9. The molecular formula is C25H27NO4. The monoisotopic (exact) mass is 405 g/mol. The molecule has 30 heavy (non-hydrogen) atoms. The Hall–Kier alpha value is -3.08. The molecule has 1 fully saturated rings. The Morgan fingerprint density at radius 2 is 1.87 bits per heavy atom. The average Bonchev–Trinajstić information content (AvgIpc) is 3.40. The number of para-hydroxylation sites is 1. The van der Waals surface area contributed by atoms with Gasteiger partial charge in [-0.15, -0.1) is 0 Å². The highest BCUT2D eigenvalue weighted by Crippen LogP contribution is 2.40. The summed E-state index contributed by atoms with van der Waals surface area (Å²) in [7, 11) is 0. The number of esters is 1. The number of carbonyl (C=O) groups is 2. The number of aryl methyl sites for hydroxylation is 1. The van der Waals surface area contributed by atoms with Crippen molar-refractivity contribution in [1.29, 1.82) is 0 Å². The molecule has 1 amide bonds. The lowest BCUT2D eigenvalue weighted by molar-refractivity contribution is -0.145. The van der Waals surface area contributed by atoms with Crippen molar-refractivity contribution in [3.8, 4) is 0 Å². The van der Waals surface area contributed by atoms with Crippen LogP contribution in [0.5, 0.6) is 0 Å². The van der Waals surface area contributed by atoms with Crippen LogP contribution in [0.25, 0.3) is 11.0 Å². The molecule has 0 radical (unpaired) electrons. The molecule has 1 saturated carbocycles. The van der Waals surface area contributed by atoms with Gasteiger partial charge < -0.3 is 14.1 Å². The fourth-order valence-corrected chi connectivity index (χ4v) is 3.91. The topological polar surface area (TPSA) is 59.8 Å². The van der Waals surface area contributed by atoms with E-state index in [2.05, 4.69) is 12.1 Å². The van der Waals surface area contributed by atoms with E-state index >= 15 is 0 Å².